The number of carbonyl (C=O) groups excluding carboxylic acids is 2. The predicted molar refractivity (Wildman–Crippen MR) is 101 cm³/mol. The summed E-state index contributed by atoms with van der Waals surface area (Å²) in [6.07, 6.45) is 17.7. The Balaban J connectivity index is 3.18. The van der Waals surface area contributed by atoms with Gasteiger partial charge in [-0.15, -0.1) is 0 Å². The molecule has 0 radical (unpaired) electrons. The lowest BCUT2D eigenvalue weighted by molar-refractivity contribution is -0.134. The highest BCUT2D eigenvalue weighted by molar-refractivity contribution is 6.66. The molecule has 1 N–H and O–H groups in total. The van der Waals surface area contributed by atoms with Crippen LogP contribution < -0.4 is 0 Å². The Morgan fingerprint density at radius 3 is 1.38 bits per heavy atom. The highest BCUT2D eigenvalue weighted by Crippen LogP contribution is 2.14. The minimum atomic E-state index is -1.63. The van der Waals surface area contributed by atoms with Crippen LogP contribution in [0.4, 0.5) is 0 Å². The quantitative estimate of drug-likeness (QED) is 0.187. The van der Waals surface area contributed by atoms with E-state index in [2.05, 4.69) is 6.92 Å². The number of halogens is 1. The van der Waals surface area contributed by atoms with Gasteiger partial charge in [0.1, 0.15) is 0 Å². The van der Waals surface area contributed by atoms with E-state index in [1.165, 1.54) is 77.0 Å². The molecule has 0 saturated carbocycles. The average molecular weight is 361 g/mol. The van der Waals surface area contributed by atoms with Gasteiger partial charge in [-0.2, -0.15) is 0 Å². The molecule has 0 rings (SSSR count). The zero-order valence-electron chi connectivity index (χ0n) is 15.5. The Morgan fingerprint density at radius 2 is 1.04 bits per heavy atom. The van der Waals surface area contributed by atoms with Gasteiger partial charge in [0.05, 0.1) is 0 Å². The predicted octanol–water partition coefficient (Wildman–Crippen LogP) is 5.94. The van der Waals surface area contributed by atoms with E-state index in [1.807, 2.05) is 0 Å². The Bertz CT molecular complexity index is 318. The fraction of sp³-hybridized carbons (Fsp3) is 0.900. The Kier molecular flexibility index (Phi) is 17.1. The van der Waals surface area contributed by atoms with Crippen LogP contribution >= 0.6 is 11.6 Å². The van der Waals surface area contributed by atoms with E-state index in [0.717, 1.165) is 19.3 Å². The summed E-state index contributed by atoms with van der Waals surface area (Å²) in [5.41, 5.74) is 0. The topological polar surface area (TPSA) is 54.4 Å². The fourth-order valence-electron chi connectivity index (χ4n) is 2.93. The van der Waals surface area contributed by atoms with E-state index in [4.69, 9.17) is 11.6 Å². The third kappa shape index (κ3) is 15.1. The van der Waals surface area contributed by atoms with Crippen molar-refractivity contribution >= 4 is 22.6 Å². The number of rotatable bonds is 18. The van der Waals surface area contributed by atoms with Gasteiger partial charge in [0, 0.05) is 6.42 Å². The molecule has 0 aromatic carbocycles. The molecule has 142 valence electrons. The molecule has 0 spiro atoms. The van der Waals surface area contributed by atoms with Gasteiger partial charge in [0.25, 0.3) is 5.24 Å². The summed E-state index contributed by atoms with van der Waals surface area (Å²) in [4.78, 5) is 22.0. The number of carbonyl (C=O) groups is 2. The molecule has 0 aromatic rings. The third-order valence-electron chi connectivity index (χ3n) is 4.55. The van der Waals surface area contributed by atoms with Crippen LogP contribution in [0.25, 0.3) is 0 Å². The number of hydrogen-bond acceptors (Lipinski definition) is 3. The maximum Gasteiger partial charge on any atom is 0.257 e. The average Bonchev–Trinajstić information content (AvgIpc) is 2.57. The Labute approximate surface area is 153 Å². The molecule has 0 aliphatic carbocycles. The molecule has 0 saturated heterocycles. The van der Waals surface area contributed by atoms with Crippen LogP contribution in [-0.2, 0) is 9.59 Å². The molecule has 4 heteroatoms. The molecule has 1 unspecified atom stereocenters. The number of unbranched alkanes of at least 4 members (excludes halogenated alkanes) is 14. The van der Waals surface area contributed by atoms with Crippen LogP contribution in [0.2, 0.25) is 0 Å². The number of Topliss-reactive ketones (excluding diaryl/α,β-unsaturated/α-hetero) is 1. The van der Waals surface area contributed by atoms with Gasteiger partial charge in [-0.05, 0) is 18.0 Å². The van der Waals surface area contributed by atoms with Crippen molar-refractivity contribution in [3.8, 4) is 0 Å². The molecule has 24 heavy (non-hydrogen) atoms. The van der Waals surface area contributed by atoms with Gasteiger partial charge in [-0.3, -0.25) is 9.59 Å². The summed E-state index contributed by atoms with van der Waals surface area (Å²) in [6, 6.07) is 0. The van der Waals surface area contributed by atoms with Gasteiger partial charge in [-0.25, -0.2) is 0 Å². The lowest BCUT2D eigenvalue weighted by Crippen LogP contribution is -2.26. The molecular formula is C20H37ClO3. The van der Waals surface area contributed by atoms with Gasteiger partial charge in [0.15, 0.2) is 11.9 Å². The molecule has 0 aliphatic rings. The minimum Gasteiger partial charge on any atom is -0.377 e. The summed E-state index contributed by atoms with van der Waals surface area (Å²) in [5, 5.41) is 8.21. The number of ketones is 1. The first-order chi connectivity index (χ1) is 11.6. The van der Waals surface area contributed by atoms with Crippen LogP contribution in [0.15, 0.2) is 0 Å². The minimum absolute atomic E-state index is 0.248. The first-order valence-corrected chi connectivity index (χ1v) is 10.4. The zero-order valence-corrected chi connectivity index (χ0v) is 16.3. The highest BCUT2D eigenvalue weighted by Gasteiger charge is 2.20. The highest BCUT2D eigenvalue weighted by atomic mass is 35.5. The maximum atomic E-state index is 11.4. The SMILES string of the molecule is CCCCCCCCCCCCCCCCCC(=O)C(O)C(=O)Cl. The van der Waals surface area contributed by atoms with E-state index in [9.17, 15) is 14.7 Å². The van der Waals surface area contributed by atoms with Crippen molar-refractivity contribution in [2.75, 3.05) is 0 Å². The van der Waals surface area contributed by atoms with Crippen LogP contribution in [0.5, 0.6) is 0 Å². The number of aliphatic hydroxyl groups is 1. The lowest BCUT2D eigenvalue weighted by atomic mass is 10.0. The van der Waals surface area contributed by atoms with E-state index in [-0.39, 0.29) is 6.42 Å². The van der Waals surface area contributed by atoms with E-state index in [0.29, 0.717) is 0 Å². The molecular weight excluding hydrogens is 324 g/mol. The van der Waals surface area contributed by atoms with Gasteiger partial charge in [-0.1, -0.05) is 96.8 Å². The second-order valence-electron chi connectivity index (χ2n) is 6.87. The van der Waals surface area contributed by atoms with Crippen LogP contribution in [0.3, 0.4) is 0 Å². The van der Waals surface area contributed by atoms with E-state index in [1.54, 1.807) is 0 Å². The van der Waals surface area contributed by atoms with Crippen molar-refractivity contribution in [2.24, 2.45) is 0 Å². The first kappa shape index (κ1) is 23.6. The monoisotopic (exact) mass is 360 g/mol. The second kappa shape index (κ2) is 17.4. The smallest absolute Gasteiger partial charge is 0.257 e. The number of aliphatic hydroxyl groups excluding tert-OH is 1. The summed E-state index contributed by atoms with van der Waals surface area (Å²) in [5.74, 6) is -0.454. The second-order valence-corrected chi connectivity index (χ2v) is 7.25. The zero-order chi connectivity index (χ0) is 18.0. The molecule has 3 nitrogen and oxygen atoms in total. The standard InChI is InChI=1S/C20H37ClO3/c1-2-3-4-5-6-7-8-9-10-11-12-13-14-15-16-17-18(22)19(23)20(21)24/h19,23H,2-17H2,1H3. The summed E-state index contributed by atoms with van der Waals surface area (Å²) < 4.78 is 0. The Morgan fingerprint density at radius 1 is 0.708 bits per heavy atom. The van der Waals surface area contributed by atoms with Gasteiger partial charge >= 0.3 is 0 Å². The van der Waals surface area contributed by atoms with Crippen molar-refractivity contribution in [3.63, 3.8) is 0 Å². The van der Waals surface area contributed by atoms with Crippen molar-refractivity contribution in [1.29, 1.82) is 0 Å². The molecule has 0 heterocycles. The summed E-state index contributed by atoms with van der Waals surface area (Å²) in [7, 11) is 0. The normalized spacial score (nSPS) is 12.3. The maximum absolute atomic E-state index is 11.4. The fourth-order valence-corrected chi connectivity index (χ4v) is 3.06. The largest absolute Gasteiger partial charge is 0.377 e. The summed E-state index contributed by atoms with van der Waals surface area (Å²) in [6.45, 7) is 2.26. The van der Waals surface area contributed by atoms with Crippen molar-refractivity contribution in [2.45, 2.75) is 116 Å². The molecule has 0 amide bonds. The molecule has 0 bridgehead atoms. The van der Waals surface area contributed by atoms with Gasteiger partial charge < -0.3 is 5.11 Å². The summed E-state index contributed by atoms with van der Waals surface area (Å²) >= 11 is 5.08. The third-order valence-corrected chi connectivity index (χ3v) is 4.75. The molecule has 0 fully saturated rings. The van der Waals surface area contributed by atoms with Gasteiger partial charge in [0.2, 0.25) is 0 Å². The van der Waals surface area contributed by atoms with Crippen LogP contribution in [0, 0.1) is 0 Å². The first-order valence-electron chi connectivity index (χ1n) is 9.99. The lowest BCUT2D eigenvalue weighted by Gasteiger charge is -2.05. The molecule has 0 aromatic heterocycles. The van der Waals surface area contributed by atoms with Crippen molar-refractivity contribution < 1.29 is 14.7 Å². The molecule has 0 aliphatic heterocycles. The van der Waals surface area contributed by atoms with E-state index >= 15 is 0 Å². The van der Waals surface area contributed by atoms with Crippen LogP contribution in [-0.4, -0.2) is 22.2 Å². The Hall–Kier alpha value is -0.410. The van der Waals surface area contributed by atoms with Crippen molar-refractivity contribution in [3.05, 3.63) is 0 Å². The van der Waals surface area contributed by atoms with Crippen LogP contribution in [0.1, 0.15) is 110 Å². The molecule has 1 atom stereocenters. The number of hydrogen-bond donors (Lipinski definition) is 1. The van der Waals surface area contributed by atoms with E-state index < -0.39 is 17.1 Å². The van der Waals surface area contributed by atoms with Crippen molar-refractivity contribution in [1.82, 2.24) is 0 Å².